The SMILES string of the molecule is COc1ccc(F)cc1C[NH+]1CC[NH+](CC(=O)Nc2ccccc2C(C)=O)CC1. The van der Waals surface area contributed by atoms with Crippen LogP contribution in [0.4, 0.5) is 10.1 Å². The number of carbonyl (C=O) groups is 2. The quantitative estimate of drug-likeness (QED) is 0.571. The zero-order valence-corrected chi connectivity index (χ0v) is 16.9. The topological polar surface area (TPSA) is 64.3 Å². The molecule has 7 heteroatoms. The molecule has 3 N–H and O–H groups in total. The molecule has 0 unspecified atom stereocenters. The predicted octanol–water partition coefficient (Wildman–Crippen LogP) is -0.0410. The number of hydrogen-bond acceptors (Lipinski definition) is 3. The summed E-state index contributed by atoms with van der Waals surface area (Å²) in [4.78, 5) is 26.7. The van der Waals surface area contributed by atoms with E-state index in [4.69, 9.17) is 4.74 Å². The van der Waals surface area contributed by atoms with E-state index >= 15 is 0 Å². The van der Waals surface area contributed by atoms with Gasteiger partial charge in [-0.2, -0.15) is 0 Å². The van der Waals surface area contributed by atoms with Crippen LogP contribution in [0.3, 0.4) is 0 Å². The molecule has 154 valence electrons. The number of para-hydroxylation sites is 1. The summed E-state index contributed by atoms with van der Waals surface area (Å²) in [5, 5.41) is 2.87. The highest BCUT2D eigenvalue weighted by Crippen LogP contribution is 2.18. The van der Waals surface area contributed by atoms with Crippen LogP contribution in [0.5, 0.6) is 5.75 Å². The Kier molecular flexibility index (Phi) is 6.95. The lowest BCUT2D eigenvalue weighted by molar-refractivity contribution is -1.02. The number of ketones is 1. The maximum atomic E-state index is 13.6. The summed E-state index contributed by atoms with van der Waals surface area (Å²) in [5.41, 5.74) is 1.95. The van der Waals surface area contributed by atoms with Gasteiger partial charge < -0.3 is 19.9 Å². The molecular weight excluding hydrogens is 373 g/mol. The van der Waals surface area contributed by atoms with Crippen molar-refractivity contribution in [2.75, 3.05) is 45.2 Å². The maximum Gasteiger partial charge on any atom is 0.279 e. The highest BCUT2D eigenvalue weighted by Gasteiger charge is 2.26. The zero-order valence-electron chi connectivity index (χ0n) is 16.9. The summed E-state index contributed by atoms with van der Waals surface area (Å²) in [7, 11) is 1.59. The number of amides is 1. The molecule has 1 saturated heterocycles. The van der Waals surface area contributed by atoms with E-state index in [1.807, 2.05) is 0 Å². The molecule has 0 radical (unpaired) electrons. The summed E-state index contributed by atoms with van der Waals surface area (Å²) in [5.74, 6) is 0.284. The monoisotopic (exact) mass is 401 g/mol. The number of rotatable bonds is 7. The second kappa shape index (κ2) is 9.62. The van der Waals surface area contributed by atoms with E-state index in [1.54, 1.807) is 37.4 Å². The largest absolute Gasteiger partial charge is 0.496 e. The molecule has 0 spiro atoms. The van der Waals surface area contributed by atoms with Gasteiger partial charge in [-0.05, 0) is 37.3 Å². The molecule has 1 heterocycles. The van der Waals surface area contributed by atoms with Crippen LogP contribution in [0.15, 0.2) is 42.5 Å². The lowest BCUT2D eigenvalue weighted by atomic mass is 10.1. The number of anilines is 1. The van der Waals surface area contributed by atoms with Gasteiger partial charge in [-0.25, -0.2) is 4.39 Å². The van der Waals surface area contributed by atoms with E-state index in [9.17, 15) is 14.0 Å². The van der Waals surface area contributed by atoms with Crippen molar-refractivity contribution >= 4 is 17.4 Å². The Hall–Kier alpha value is -2.77. The average Bonchev–Trinajstić information content (AvgIpc) is 2.70. The molecule has 1 aliphatic heterocycles. The molecule has 29 heavy (non-hydrogen) atoms. The van der Waals surface area contributed by atoms with E-state index in [2.05, 4.69) is 5.32 Å². The fourth-order valence-corrected chi connectivity index (χ4v) is 3.79. The molecular formula is C22H28FN3O3+2. The Morgan fingerprint density at radius 2 is 1.76 bits per heavy atom. The van der Waals surface area contributed by atoms with Crippen molar-refractivity contribution in [3.63, 3.8) is 0 Å². The predicted molar refractivity (Wildman–Crippen MR) is 108 cm³/mol. The first kappa shape index (κ1) is 21.0. The first-order chi connectivity index (χ1) is 14.0. The molecule has 0 aliphatic carbocycles. The van der Waals surface area contributed by atoms with Gasteiger partial charge in [0.05, 0.1) is 18.4 Å². The first-order valence-corrected chi connectivity index (χ1v) is 9.85. The summed E-state index contributed by atoms with van der Waals surface area (Å²) in [6.45, 7) is 6.06. The van der Waals surface area contributed by atoms with Gasteiger partial charge in [-0.3, -0.25) is 9.59 Å². The number of Topliss-reactive ketones (excluding diaryl/α,β-unsaturated/α-hetero) is 1. The molecule has 0 bridgehead atoms. The van der Waals surface area contributed by atoms with Gasteiger partial charge in [0.25, 0.3) is 5.91 Å². The Bertz CT molecular complexity index is 879. The fraction of sp³-hybridized carbons (Fsp3) is 0.364. The Labute approximate surface area is 170 Å². The molecule has 2 aromatic carbocycles. The third-order valence-electron chi connectivity index (χ3n) is 5.34. The van der Waals surface area contributed by atoms with Crippen LogP contribution in [0.25, 0.3) is 0 Å². The van der Waals surface area contributed by atoms with Gasteiger partial charge in [0.2, 0.25) is 0 Å². The van der Waals surface area contributed by atoms with Crippen molar-refractivity contribution < 1.29 is 28.5 Å². The number of ether oxygens (including phenoxy) is 1. The summed E-state index contributed by atoms with van der Waals surface area (Å²) in [6, 6.07) is 11.7. The second-order valence-electron chi connectivity index (χ2n) is 7.46. The van der Waals surface area contributed by atoms with Crippen LogP contribution in [-0.4, -0.2) is 51.5 Å². The van der Waals surface area contributed by atoms with Crippen molar-refractivity contribution in [3.8, 4) is 5.75 Å². The van der Waals surface area contributed by atoms with Crippen LogP contribution in [-0.2, 0) is 11.3 Å². The molecule has 0 aromatic heterocycles. The van der Waals surface area contributed by atoms with E-state index in [0.29, 0.717) is 30.1 Å². The Morgan fingerprint density at radius 1 is 1.07 bits per heavy atom. The minimum absolute atomic E-state index is 0.0711. The lowest BCUT2D eigenvalue weighted by Gasteiger charge is -2.29. The molecule has 0 saturated carbocycles. The number of benzene rings is 2. The van der Waals surface area contributed by atoms with Crippen molar-refractivity contribution in [1.29, 1.82) is 0 Å². The van der Waals surface area contributed by atoms with Crippen molar-refractivity contribution in [2.45, 2.75) is 13.5 Å². The highest BCUT2D eigenvalue weighted by atomic mass is 19.1. The van der Waals surface area contributed by atoms with Crippen LogP contribution in [0, 0.1) is 5.82 Å². The molecule has 1 aliphatic rings. The van der Waals surface area contributed by atoms with Gasteiger partial charge >= 0.3 is 0 Å². The maximum absolute atomic E-state index is 13.6. The molecule has 3 rings (SSSR count). The fourth-order valence-electron chi connectivity index (χ4n) is 3.79. The minimum Gasteiger partial charge on any atom is -0.496 e. The lowest BCUT2D eigenvalue weighted by Crippen LogP contribution is -3.28. The Balaban J connectivity index is 1.51. The number of quaternary nitrogens is 2. The first-order valence-electron chi connectivity index (χ1n) is 9.85. The van der Waals surface area contributed by atoms with Crippen molar-refractivity contribution in [2.24, 2.45) is 0 Å². The molecule has 6 nitrogen and oxygen atoms in total. The van der Waals surface area contributed by atoms with E-state index < -0.39 is 0 Å². The summed E-state index contributed by atoms with van der Waals surface area (Å²) < 4.78 is 18.9. The molecule has 1 fully saturated rings. The van der Waals surface area contributed by atoms with E-state index in [1.165, 1.54) is 28.9 Å². The van der Waals surface area contributed by atoms with Crippen LogP contribution < -0.4 is 19.9 Å². The third kappa shape index (κ3) is 5.62. The smallest absolute Gasteiger partial charge is 0.279 e. The minimum atomic E-state index is -0.257. The molecule has 1 amide bonds. The van der Waals surface area contributed by atoms with Gasteiger partial charge in [0, 0.05) is 5.56 Å². The average molecular weight is 401 g/mol. The van der Waals surface area contributed by atoms with Crippen molar-refractivity contribution in [3.05, 3.63) is 59.4 Å². The highest BCUT2D eigenvalue weighted by molar-refractivity contribution is 6.03. The van der Waals surface area contributed by atoms with Gasteiger partial charge in [-0.1, -0.05) is 12.1 Å². The molecule has 2 aromatic rings. The Morgan fingerprint density at radius 3 is 2.45 bits per heavy atom. The number of halogens is 1. The van der Waals surface area contributed by atoms with Gasteiger partial charge in [-0.15, -0.1) is 0 Å². The number of methoxy groups -OCH3 is 1. The summed E-state index contributed by atoms with van der Waals surface area (Å²) in [6.07, 6.45) is 0. The standard InChI is InChI=1S/C22H26FN3O3/c1-16(27)19-5-3-4-6-20(19)24-22(28)15-26-11-9-25(10-12-26)14-17-13-18(23)7-8-21(17)29-2/h3-8,13H,9-12,14-15H2,1-2H3,(H,24,28)/p+2. The number of nitrogens with one attached hydrogen (secondary N) is 3. The van der Waals surface area contributed by atoms with E-state index in [0.717, 1.165) is 31.7 Å². The molecule has 0 atom stereocenters. The van der Waals surface area contributed by atoms with Crippen LogP contribution in [0.1, 0.15) is 22.8 Å². The second-order valence-corrected chi connectivity index (χ2v) is 7.46. The van der Waals surface area contributed by atoms with Crippen LogP contribution in [0.2, 0.25) is 0 Å². The summed E-state index contributed by atoms with van der Waals surface area (Å²) >= 11 is 0. The van der Waals surface area contributed by atoms with Gasteiger partial charge in [0.15, 0.2) is 12.3 Å². The zero-order chi connectivity index (χ0) is 20.8. The normalized spacial score (nSPS) is 18.9. The van der Waals surface area contributed by atoms with Crippen molar-refractivity contribution in [1.82, 2.24) is 0 Å². The number of carbonyl (C=O) groups excluding carboxylic acids is 2. The van der Waals surface area contributed by atoms with Gasteiger partial charge in [0.1, 0.15) is 44.3 Å². The van der Waals surface area contributed by atoms with Crippen LogP contribution >= 0.6 is 0 Å². The van der Waals surface area contributed by atoms with E-state index in [-0.39, 0.29) is 17.5 Å². The number of hydrogen-bond donors (Lipinski definition) is 3. The third-order valence-corrected chi connectivity index (χ3v) is 5.34. The number of piperazine rings is 1.